The van der Waals surface area contributed by atoms with E-state index in [-0.39, 0.29) is 5.56 Å². The molecule has 0 atom stereocenters. The van der Waals surface area contributed by atoms with E-state index in [1.54, 1.807) is 24.1 Å². The predicted octanol–water partition coefficient (Wildman–Crippen LogP) is 3.41. The SMILES string of the molecule is COc1cccc2nc(CSc3ncnc4[nH]cnc34)n(Cc3ccccc3)c(=O)c12. The number of hydrogen-bond acceptors (Lipinski definition) is 7. The minimum Gasteiger partial charge on any atom is -0.496 e. The van der Waals surface area contributed by atoms with Crippen molar-refractivity contribution < 1.29 is 4.74 Å². The second-order valence-corrected chi connectivity index (χ2v) is 7.79. The van der Waals surface area contributed by atoms with Gasteiger partial charge in [0.25, 0.3) is 5.56 Å². The summed E-state index contributed by atoms with van der Waals surface area (Å²) in [5.41, 5.74) is 2.87. The third kappa shape index (κ3) is 3.64. The van der Waals surface area contributed by atoms with Gasteiger partial charge < -0.3 is 9.72 Å². The molecule has 0 spiro atoms. The standard InChI is InChI=1S/C22H18N6O2S/c1-30-16-9-5-8-15-18(16)22(29)28(10-14-6-3-2-4-7-14)17(27-15)11-31-21-19-20(24-12-23-19)25-13-26-21/h2-9,12-13H,10-11H2,1H3,(H,23,24,25,26). The highest BCUT2D eigenvalue weighted by Gasteiger charge is 2.16. The maximum absolute atomic E-state index is 13.5. The Hall–Kier alpha value is -3.72. The van der Waals surface area contributed by atoms with Gasteiger partial charge in [-0.05, 0) is 17.7 Å². The van der Waals surface area contributed by atoms with Crippen LogP contribution in [-0.4, -0.2) is 36.6 Å². The van der Waals surface area contributed by atoms with Crippen LogP contribution in [0, 0.1) is 0 Å². The van der Waals surface area contributed by atoms with Crippen molar-refractivity contribution in [2.75, 3.05) is 7.11 Å². The van der Waals surface area contributed by atoms with Gasteiger partial charge in [0, 0.05) is 0 Å². The Labute approximate surface area is 181 Å². The lowest BCUT2D eigenvalue weighted by Gasteiger charge is -2.15. The quantitative estimate of drug-likeness (QED) is 0.326. The molecule has 5 aromatic rings. The highest BCUT2D eigenvalue weighted by atomic mass is 32.2. The van der Waals surface area contributed by atoms with Crippen LogP contribution >= 0.6 is 11.8 Å². The molecule has 0 unspecified atom stereocenters. The minimum absolute atomic E-state index is 0.130. The summed E-state index contributed by atoms with van der Waals surface area (Å²) in [5.74, 6) is 1.63. The average molecular weight is 430 g/mol. The van der Waals surface area contributed by atoms with E-state index in [1.807, 2.05) is 42.5 Å². The smallest absolute Gasteiger partial charge is 0.265 e. The van der Waals surface area contributed by atoms with Gasteiger partial charge in [-0.3, -0.25) is 9.36 Å². The molecular formula is C22H18N6O2S. The second kappa shape index (κ2) is 8.19. The maximum Gasteiger partial charge on any atom is 0.265 e. The normalized spacial score (nSPS) is 11.3. The summed E-state index contributed by atoms with van der Waals surface area (Å²) in [6, 6.07) is 15.3. The number of methoxy groups -OCH3 is 1. The number of thioether (sulfide) groups is 1. The molecule has 0 fully saturated rings. The molecule has 0 amide bonds. The van der Waals surface area contributed by atoms with Gasteiger partial charge in [-0.25, -0.2) is 19.9 Å². The zero-order valence-electron chi connectivity index (χ0n) is 16.6. The number of aromatic amines is 1. The highest BCUT2D eigenvalue weighted by Crippen LogP contribution is 2.27. The predicted molar refractivity (Wildman–Crippen MR) is 119 cm³/mol. The summed E-state index contributed by atoms with van der Waals surface area (Å²) in [4.78, 5) is 34.1. The van der Waals surface area contributed by atoms with E-state index in [1.165, 1.54) is 18.1 Å². The van der Waals surface area contributed by atoms with Crippen LogP contribution in [0.25, 0.3) is 22.1 Å². The molecule has 5 rings (SSSR count). The number of benzene rings is 2. The molecular weight excluding hydrogens is 412 g/mol. The van der Waals surface area contributed by atoms with Crippen molar-refractivity contribution in [3.8, 4) is 5.75 Å². The summed E-state index contributed by atoms with van der Waals surface area (Å²) < 4.78 is 7.14. The Morgan fingerprint density at radius 2 is 1.94 bits per heavy atom. The molecule has 3 heterocycles. The van der Waals surface area contributed by atoms with Crippen LogP contribution in [0.1, 0.15) is 11.4 Å². The van der Waals surface area contributed by atoms with Crippen molar-refractivity contribution in [3.63, 3.8) is 0 Å². The van der Waals surface area contributed by atoms with Gasteiger partial charge in [0.1, 0.15) is 33.8 Å². The van der Waals surface area contributed by atoms with Gasteiger partial charge in [0.2, 0.25) is 0 Å². The number of fused-ring (bicyclic) bond motifs is 2. The molecule has 1 N–H and O–H groups in total. The molecule has 0 bridgehead atoms. The third-order valence-electron chi connectivity index (χ3n) is 4.95. The highest BCUT2D eigenvalue weighted by molar-refractivity contribution is 7.98. The van der Waals surface area contributed by atoms with Crippen molar-refractivity contribution in [1.29, 1.82) is 0 Å². The van der Waals surface area contributed by atoms with Gasteiger partial charge in [-0.2, -0.15) is 0 Å². The molecule has 3 aromatic heterocycles. The zero-order chi connectivity index (χ0) is 21.2. The van der Waals surface area contributed by atoms with Crippen LogP contribution in [0.15, 0.2) is 71.0 Å². The van der Waals surface area contributed by atoms with Crippen LogP contribution in [0.5, 0.6) is 5.75 Å². The topological polar surface area (TPSA) is 98.6 Å². The van der Waals surface area contributed by atoms with E-state index < -0.39 is 0 Å². The van der Waals surface area contributed by atoms with E-state index >= 15 is 0 Å². The molecule has 0 aliphatic heterocycles. The molecule has 2 aromatic carbocycles. The zero-order valence-corrected chi connectivity index (χ0v) is 17.5. The Kier molecular flexibility index (Phi) is 5.09. The number of hydrogen-bond donors (Lipinski definition) is 1. The minimum atomic E-state index is -0.130. The third-order valence-corrected chi connectivity index (χ3v) is 5.92. The summed E-state index contributed by atoms with van der Waals surface area (Å²) >= 11 is 1.47. The molecule has 0 radical (unpaired) electrons. The molecule has 31 heavy (non-hydrogen) atoms. The molecule has 0 aliphatic rings. The second-order valence-electron chi connectivity index (χ2n) is 6.83. The summed E-state index contributed by atoms with van der Waals surface area (Å²) in [5, 5.41) is 1.21. The van der Waals surface area contributed by atoms with Crippen molar-refractivity contribution in [2.45, 2.75) is 17.3 Å². The number of H-pyrrole nitrogens is 1. The fourth-order valence-electron chi connectivity index (χ4n) is 3.47. The maximum atomic E-state index is 13.5. The van der Waals surface area contributed by atoms with Gasteiger partial charge >= 0.3 is 0 Å². The van der Waals surface area contributed by atoms with Crippen LogP contribution in [0.2, 0.25) is 0 Å². The van der Waals surface area contributed by atoms with Crippen LogP contribution in [0.3, 0.4) is 0 Å². The fourth-order valence-corrected chi connectivity index (χ4v) is 4.36. The van der Waals surface area contributed by atoms with Crippen molar-refractivity contribution >= 4 is 33.8 Å². The summed E-state index contributed by atoms with van der Waals surface area (Å²) in [6.07, 6.45) is 3.09. The molecule has 0 saturated heterocycles. The van der Waals surface area contributed by atoms with E-state index in [2.05, 4.69) is 19.9 Å². The first kappa shape index (κ1) is 19.3. The van der Waals surface area contributed by atoms with E-state index in [0.29, 0.717) is 45.9 Å². The Balaban J connectivity index is 1.61. The van der Waals surface area contributed by atoms with Crippen LogP contribution < -0.4 is 10.3 Å². The largest absolute Gasteiger partial charge is 0.496 e. The van der Waals surface area contributed by atoms with E-state index in [9.17, 15) is 4.79 Å². The van der Waals surface area contributed by atoms with Crippen LogP contribution in [-0.2, 0) is 12.3 Å². The Morgan fingerprint density at radius 3 is 2.77 bits per heavy atom. The Morgan fingerprint density at radius 1 is 1.06 bits per heavy atom. The average Bonchev–Trinajstić information content (AvgIpc) is 3.29. The number of nitrogens with one attached hydrogen (secondary N) is 1. The van der Waals surface area contributed by atoms with Gasteiger partial charge in [0.15, 0.2) is 5.65 Å². The molecule has 0 aliphatic carbocycles. The van der Waals surface area contributed by atoms with Gasteiger partial charge in [-0.15, -0.1) is 0 Å². The lowest BCUT2D eigenvalue weighted by molar-refractivity contribution is 0.419. The van der Waals surface area contributed by atoms with Crippen molar-refractivity contribution in [3.05, 3.63) is 82.9 Å². The summed E-state index contributed by atoms with van der Waals surface area (Å²) in [7, 11) is 1.56. The Bertz CT molecular complexity index is 1430. The molecule has 8 nitrogen and oxygen atoms in total. The molecule has 9 heteroatoms. The summed E-state index contributed by atoms with van der Waals surface area (Å²) in [6.45, 7) is 0.415. The lowest BCUT2D eigenvalue weighted by Crippen LogP contribution is -2.26. The first-order valence-electron chi connectivity index (χ1n) is 9.62. The number of aromatic nitrogens is 6. The lowest BCUT2D eigenvalue weighted by atomic mass is 10.2. The number of nitrogens with zero attached hydrogens (tertiary/aromatic N) is 5. The number of ether oxygens (including phenoxy) is 1. The molecule has 0 saturated carbocycles. The van der Waals surface area contributed by atoms with Crippen LogP contribution in [0.4, 0.5) is 0 Å². The molecule has 154 valence electrons. The van der Waals surface area contributed by atoms with Gasteiger partial charge in [0.05, 0.1) is 31.3 Å². The number of rotatable bonds is 6. The first-order valence-corrected chi connectivity index (χ1v) is 10.6. The fraction of sp³-hybridized carbons (Fsp3) is 0.136. The van der Waals surface area contributed by atoms with E-state index in [0.717, 1.165) is 10.6 Å². The van der Waals surface area contributed by atoms with Crippen molar-refractivity contribution in [1.82, 2.24) is 29.5 Å². The monoisotopic (exact) mass is 430 g/mol. The number of imidazole rings is 1. The van der Waals surface area contributed by atoms with E-state index in [4.69, 9.17) is 9.72 Å². The van der Waals surface area contributed by atoms with Crippen molar-refractivity contribution in [2.24, 2.45) is 0 Å². The van der Waals surface area contributed by atoms with Gasteiger partial charge in [-0.1, -0.05) is 48.2 Å². The first-order chi connectivity index (χ1) is 15.2.